The number of hydrogen-bond acceptors (Lipinski definition) is 6. The van der Waals surface area contributed by atoms with E-state index in [1.165, 1.54) is 12.1 Å². The van der Waals surface area contributed by atoms with Gasteiger partial charge < -0.3 is 0 Å². The average Bonchev–Trinajstić information content (AvgIpc) is 2.53. The van der Waals surface area contributed by atoms with Gasteiger partial charge in [0, 0.05) is 6.07 Å². The molecule has 0 aliphatic rings. The lowest BCUT2D eigenvalue weighted by Gasteiger charge is -2.06. The number of anilines is 1. The highest BCUT2D eigenvalue weighted by atomic mass is 32.2. The van der Waals surface area contributed by atoms with Crippen molar-refractivity contribution in [3.8, 4) is 0 Å². The Bertz CT molecular complexity index is 957. The van der Waals surface area contributed by atoms with Crippen molar-refractivity contribution in [1.29, 1.82) is 0 Å². The Labute approximate surface area is 145 Å². The minimum Gasteiger partial charge on any atom is -0.272 e. The van der Waals surface area contributed by atoms with Crippen LogP contribution in [-0.2, 0) is 16.2 Å². The van der Waals surface area contributed by atoms with E-state index in [0.717, 1.165) is 36.5 Å². The largest absolute Gasteiger partial charge is 0.416 e. The van der Waals surface area contributed by atoms with Crippen LogP contribution in [0.15, 0.2) is 52.5 Å². The summed E-state index contributed by atoms with van der Waals surface area (Å²) in [5.41, 5.74) is 1.13. The van der Waals surface area contributed by atoms with Crippen LogP contribution in [0.1, 0.15) is 11.1 Å². The Kier molecular flexibility index (Phi) is 5.28. The van der Waals surface area contributed by atoms with Crippen LogP contribution in [0, 0.1) is 10.1 Å². The van der Waals surface area contributed by atoms with Crippen molar-refractivity contribution in [3.05, 3.63) is 63.7 Å². The second-order valence-electron chi connectivity index (χ2n) is 4.97. The van der Waals surface area contributed by atoms with Gasteiger partial charge in [-0.25, -0.2) is 13.6 Å². The average molecular weight is 388 g/mol. The molecule has 2 aromatic rings. The molecule has 0 saturated carbocycles. The van der Waals surface area contributed by atoms with Crippen LogP contribution in [-0.4, -0.2) is 19.6 Å². The Balaban J connectivity index is 2.21. The van der Waals surface area contributed by atoms with E-state index < -0.39 is 37.3 Å². The SMILES string of the molecule is NS(=O)(=O)c1ccc(NN=Cc2ccc(C(F)(F)F)cc2)c([N+](=O)[O-])c1. The minimum absolute atomic E-state index is 0.120. The van der Waals surface area contributed by atoms with E-state index >= 15 is 0 Å². The maximum atomic E-state index is 12.5. The van der Waals surface area contributed by atoms with Crippen molar-refractivity contribution in [2.24, 2.45) is 10.2 Å². The maximum absolute atomic E-state index is 12.5. The molecule has 0 fully saturated rings. The molecular formula is C14H11F3N4O4S. The van der Waals surface area contributed by atoms with Gasteiger partial charge in [0.15, 0.2) is 0 Å². The molecule has 0 bridgehead atoms. The predicted molar refractivity (Wildman–Crippen MR) is 87.1 cm³/mol. The zero-order valence-corrected chi connectivity index (χ0v) is 13.6. The molecule has 0 atom stereocenters. The van der Waals surface area contributed by atoms with Crippen LogP contribution < -0.4 is 10.6 Å². The third kappa shape index (κ3) is 4.77. The van der Waals surface area contributed by atoms with Crippen LogP contribution in [0.5, 0.6) is 0 Å². The van der Waals surface area contributed by atoms with Crippen LogP contribution >= 0.6 is 0 Å². The minimum atomic E-state index is -4.46. The summed E-state index contributed by atoms with van der Waals surface area (Å²) in [7, 11) is -4.12. The highest BCUT2D eigenvalue weighted by Crippen LogP contribution is 2.29. The van der Waals surface area contributed by atoms with E-state index in [-0.39, 0.29) is 5.69 Å². The second-order valence-corrected chi connectivity index (χ2v) is 6.53. The summed E-state index contributed by atoms with van der Waals surface area (Å²) in [6, 6.07) is 7.00. The molecule has 0 radical (unpaired) electrons. The highest BCUT2D eigenvalue weighted by Gasteiger charge is 2.29. The van der Waals surface area contributed by atoms with Gasteiger partial charge in [-0.3, -0.25) is 15.5 Å². The molecule has 138 valence electrons. The standard InChI is InChI=1S/C14H11F3N4O4S/c15-14(16,17)10-3-1-9(2-4-10)8-19-20-12-6-5-11(26(18,24)25)7-13(12)21(22)23/h1-8,20H,(H2,18,24,25). The first-order valence-corrected chi connectivity index (χ1v) is 8.31. The lowest BCUT2D eigenvalue weighted by Crippen LogP contribution is -2.12. The van der Waals surface area contributed by atoms with Gasteiger partial charge in [-0.1, -0.05) is 12.1 Å². The Morgan fingerprint density at radius 1 is 1.15 bits per heavy atom. The molecule has 0 spiro atoms. The van der Waals surface area contributed by atoms with E-state index in [9.17, 15) is 31.7 Å². The zero-order valence-electron chi connectivity index (χ0n) is 12.8. The van der Waals surface area contributed by atoms with Crippen LogP contribution in [0.4, 0.5) is 24.5 Å². The molecule has 0 heterocycles. The van der Waals surface area contributed by atoms with Crippen molar-refractivity contribution >= 4 is 27.6 Å². The summed E-state index contributed by atoms with van der Waals surface area (Å²) in [6.45, 7) is 0. The Morgan fingerprint density at radius 3 is 2.27 bits per heavy atom. The molecular weight excluding hydrogens is 377 g/mol. The Hall–Kier alpha value is -2.99. The van der Waals surface area contributed by atoms with Gasteiger partial charge >= 0.3 is 6.18 Å². The van der Waals surface area contributed by atoms with E-state index in [1.807, 2.05) is 0 Å². The fourth-order valence-electron chi connectivity index (χ4n) is 1.87. The lowest BCUT2D eigenvalue weighted by atomic mass is 10.1. The van der Waals surface area contributed by atoms with Crippen molar-refractivity contribution in [2.75, 3.05) is 5.43 Å². The fraction of sp³-hybridized carbons (Fsp3) is 0.0714. The number of primary sulfonamides is 1. The van der Waals surface area contributed by atoms with Crippen molar-refractivity contribution < 1.29 is 26.5 Å². The number of sulfonamides is 1. The highest BCUT2D eigenvalue weighted by molar-refractivity contribution is 7.89. The summed E-state index contributed by atoms with van der Waals surface area (Å²) in [5.74, 6) is 0. The molecule has 0 saturated heterocycles. The molecule has 8 nitrogen and oxygen atoms in total. The van der Waals surface area contributed by atoms with Crippen LogP contribution in [0.2, 0.25) is 0 Å². The monoisotopic (exact) mass is 388 g/mol. The number of nitrogens with zero attached hydrogens (tertiary/aromatic N) is 2. The first kappa shape index (κ1) is 19.3. The molecule has 0 unspecified atom stereocenters. The molecule has 0 aromatic heterocycles. The number of hydrogen-bond donors (Lipinski definition) is 2. The summed E-state index contributed by atoms with van der Waals surface area (Å²) in [5, 5.41) is 19.6. The molecule has 0 amide bonds. The van der Waals surface area contributed by atoms with E-state index in [0.29, 0.717) is 5.56 Å². The van der Waals surface area contributed by atoms with E-state index in [4.69, 9.17) is 5.14 Å². The summed E-state index contributed by atoms with van der Waals surface area (Å²) >= 11 is 0. The quantitative estimate of drug-likeness (QED) is 0.462. The van der Waals surface area contributed by atoms with Crippen molar-refractivity contribution in [2.45, 2.75) is 11.1 Å². The van der Waals surface area contributed by atoms with Gasteiger partial charge in [0.2, 0.25) is 10.0 Å². The molecule has 0 aliphatic carbocycles. The topological polar surface area (TPSA) is 128 Å². The molecule has 26 heavy (non-hydrogen) atoms. The number of nitrogens with two attached hydrogens (primary N) is 1. The number of nitro benzene ring substituents is 1. The van der Waals surface area contributed by atoms with Gasteiger partial charge in [-0.05, 0) is 29.8 Å². The normalized spacial score (nSPS) is 12.3. The van der Waals surface area contributed by atoms with Crippen LogP contribution in [0.25, 0.3) is 0 Å². The number of hydrazone groups is 1. The van der Waals surface area contributed by atoms with Crippen LogP contribution in [0.3, 0.4) is 0 Å². The third-order valence-corrected chi connectivity index (χ3v) is 4.04. The summed E-state index contributed by atoms with van der Waals surface area (Å²) in [4.78, 5) is 9.77. The van der Waals surface area contributed by atoms with Gasteiger partial charge in [0.1, 0.15) is 5.69 Å². The first-order valence-electron chi connectivity index (χ1n) is 6.76. The number of rotatable bonds is 5. The predicted octanol–water partition coefficient (Wildman–Crippen LogP) is 2.71. The van der Waals surface area contributed by atoms with Gasteiger partial charge in [-0.15, -0.1) is 0 Å². The number of alkyl halides is 3. The number of nitrogens with one attached hydrogen (secondary N) is 1. The molecule has 2 aromatic carbocycles. The molecule has 0 aliphatic heterocycles. The molecule has 3 N–H and O–H groups in total. The first-order chi connectivity index (χ1) is 12.0. The number of nitro groups is 1. The Morgan fingerprint density at radius 2 is 1.77 bits per heavy atom. The number of benzene rings is 2. The van der Waals surface area contributed by atoms with Gasteiger partial charge in [0.25, 0.3) is 5.69 Å². The van der Waals surface area contributed by atoms with Gasteiger partial charge in [-0.2, -0.15) is 18.3 Å². The smallest absolute Gasteiger partial charge is 0.272 e. The van der Waals surface area contributed by atoms with Crippen molar-refractivity contribution in [1.82, 2.24) is 0 Å². The second kappa shape index (κ2) is 7.09. The molecule has 12 heteroatoms. The zero-order chi connectivity index (χ0) is 19.5. The van der Waals surface area contributed by atoms with Crippen molar-refractivity contribution in [3.63, 3.8) is 0 Å². The lowest BCUT2D eigenvalue weighted by molar-refractivity contribution is -0.384. The number of halogens is 3. The maximum Gasteiger partial charge on any atom is 0.416 e. The van der Waals surface area contributed by atoms with E-state index in [1.54, 1.807) is 0 Å². The van der Waals surface area contributed by atoms with Gasteiger partial charge in [0.05, 0.1) is 21.6 Å². The summed E-state index contributed by atoms with van der Waals surface area (Å²) < 4.78 is 59.9. The van der Waals surface area contributed by atoms with E-state index in [2.05, 4.69) is 10.5 Å². The fourth-order valence-corrected chi connectivity index (χ4v) is 2.40. The molecule has 2 rings (SSSR count). The summed E-state index contributed by atoms with van der Waals surface area (Å²) in [6.07, 6.45) is -3.31. The third-order valence-electron chi connectivity index (χ3n) is 3.13.